The lowest BCUT2D eigenvalue weighted by Gasteiger charge is -2.10. The Morgan fingerprint density at radius 1 is 1.39 bits per heavy atom. The molecule has 1 amide bonds. The lowest BCUT2D eigenvalue weighted by molar-refractivity contribution is 0.0953. The molecule has 18 heavy (non-hydrogen) atoms. The minimum atomic E-state index is -0.0709. The summed E-state index contributed by atoms with van der Waals surface area (Å²) < 4.78 is 10.5. The Bertz CT molecular complexity index is 473. The Labute approximate surface area is 114 Å². The maximum atomic E-state index is 12.0. The van der Waals surface area contributed by atoms with Gasteiger partial charge in [0.05, 0.1) is 0 Å². The number of hydrogen-bond donors (Lipinski definition) is 1. The molecule has 0 aromatic heterocycles. The third-order valence-corrected chi connectivity index (χ3v) is 4.30. The third kappa shape index (κ3) is 2.46. The Kier molecular flexibility index (Phi) is 3.16. The van der Waals surface area contributed by atoms with E-state index in [1.54, 1.807) is 18.2 Å². The molecule has 1 atom stereocenters. The van der Waals surface area contributed by atoms with Crippen LogP contribution in [0, 0.1) is 5.92 Å². The van der Waals surface area contributed by atoms with Crippen molar-refractivity contribution in [2.75, 3.05) is 13.3 Å². The summed E-state index contributed by atoms with van der Waals surface area (Å²) in [6.45, 7) is 0.892. The second kappa shape index (κ2) is 4.80. The van der Waals surface area contributed by atoms with Crippen molar-refractivity contribution in [2.45, 2.75) is 17.7 Å². The molecule has 3 rings (SSSR count). The van der Waals surface area contributed by atoms with Crippen LogP contribution in [-0.2, 0) is 0 Å². The summed E-state index contributed by atoms with van der Waals surface area (Å²) in [5.41, 5.74) is 0.606. The summed E-state index contributed by atoms with van der Waals surface area (Å²) in [6.07, 6.45) is 2.52. The van der Waals surface area contributed by atoms with Gasteiger partial charge in [0.15, 0.2) is 11.5 Å². The first-order valence-electron chi connectivity index (χ1n) is 6.06. The van der Waals surface area contributed by atoms with Crippen LogP contribution in [0.4, 0.5) is 0 Å². The molecule has 1 aliphatic carbocycles. The van der Waals surface area contributed by atoms with Gasteiger partial charge in [0.25, 0.3) is 5.91 Å². The predicted octanol–water partition coefficient (Wildman–Crippen LogP) is 2.32. The summed E-state index contributed by atoms with van der Waals surface area (Å²) in [4.78, 5) is 12.3. The fraction of sp³-hybridized carbons (Fsp3) is 0.462. The number of nitrogens with one attached hydrogen (secondary N) is 1. The van der Waals surface area contributed by atoms with E-state index < -0.39 is 0 Å². The monoisotopic (exact) mass is 311 g/mol. The van der Waals surface area contributed by atoms with Crippen molar-refractivity contribution in [3.8, 4) is 11.5 Å². The van der Waals surface area contributed by atoms with E-state index in [1.807, 2.05) is 0 Å². The number of halogens is 1. The summed E-state index contributed by atoms with van der Waals surface area (Å²) in [5, 5.41) is 2.93. The number of benzene rings is 1. The van der Waals surface area contributed by atoms with Gasteiger partial charge >= 0.3 is 0 Å². The lowest BCUT2D eigenvalue weighted by Crippen LogP contribution is -2.30. The molecule has 1 N–H and O–H groups in total. The number of rotatable bonds is 4. The quantitative estimate of drug-likeness (QED) is 0.868. The van der Waals surface area contributed by atoms with E-state index in [9.17, 15) is 4.79 Å². The number of amides is 1. The van der Waals surface area contributed by atoms with E-state index in [4.69, 9.17) is 9.47 Å². The highest BCUT2D eigenvalue weighted by Crippen LogP contribution is 2.36. The fourth-order valence-corrected chi connectivity index (χ4v) is 2.65. The van der Waals surface area contributed by atoms with E-state index in [-0.39, 0.29) is 12.7 Å². The smallest absolute Gasteiger partial charge is 0.251 e. The van der Waals surface area contributed by atoms with E-state index in [1.165, 1.54) is 12.8 Å². The predicted molar refractivity (Wildman–Crippen MR) is 70.3 cm³/mol. The highest BCUT2D eigenvalue weighted by molar-refractivity contribution is 9.09. The van der Waals surface area contributed by atoms with Crippen LogP contribution < -0.4 is 14.8 Å². The molecule has 2 aliphatic rings. The van der Waals surface area contributed by atoms with Gasteiger partial charge in [-0.2, -0.15) is 0 Å². The minimum absolute atomic E-state index is 0.0709. The van der Waals surface area contributed by atoms with Crippen LogP contribution in [0.2, 0.25) is 0 Å². The normalized spacial score (nSPS) is 18.5. The molecule has 1 aromatic rings. The Hall–Kier alpha value is -1.23. The molecule has 1 aliphatic heterocycles. The van der Waals surface area contributed by atoms with Crippen molar-refractivity contribution in [2.24, 2.45) is 5.92 Å². The van der Waals surface area contributed by atoms with Crippen molar-refractivity contribution in [1.82, 2.24) is 5.32 Å². The first-order valence-corrected chi connectivity index (χ1v) is 6.97. The highest BCUT2D eigenvalue weighted by atomic mass is 79.9. The number of fused-ring (bicyclic) bond motifs is 1. The first kappa shape index (κ1) is 11.8. The molecule has 0 spiro atoms. The Morgan fingerprint density at radius 3 is 2.94 bits per heavy atom. The molecular weight excluding hydrogens is 298 g/mol. The highest BCUT2D eigenvalue weighted by Gasteiger charge is 2.29. The maximum absolute atomic E-state index is 12.0. The summed E-state index contributed by atoms with van der Waals surface area (Å²) in [5.74, 6) is 1.99. The Balaban J connectivity index is 1.61. The zero-order valence-electron chi connectivity index (χ0n) is 9.82. The topological polar surface area (TPSA) is 47.6 Å². The zero-order valence-corrected chi connectivity index (χ0v) is 11.4. The van der Waals surface area contributed by atoms with Crippen LogP contribution in [0.15, 0.2) is 18.2 Å². The number of carbonyl (C=O) groups excluding carboxylic acids is 1. The second-order valence-corrected chi connectivity index (χ2v) is 5.81. The van der Waals surface area contributed by atoms with Gasteiger partial charge in [-0.1, -0.05) is 15.9 Å². The lowest BCUT2D eigenvalue weighted by atomic mass is 10.2. The fourth-order valence-electron chi connectivity index (χ4n) is 1.95. The summed E-state index contributed by atoms with van der Waals surface area (Å²) >= 11 is 3.60. The molecule has 0 saturated heterocycles. The average Bonchev–Trinajstić information content (AvgIpc) is 3.13. The average molecular weight is 312 g/mol. The number of hydrogen-bond acceptors (Lipinski definition) is 3. The van der Waals surface area contributed by atoms with Crippen molar-refractivity contribution in [1.29, 1.82) is 0 Å². The summed E-state index contributed by atoms with van der Waals surface area (Å²) in [7, 11) is 0. The summed E-state index contributed by atoms with van der Waals surface area (Å²) in [6, 6.07) is 5.24. The molecular formula is C13H14BrNO3. The van der Waals surface area contributed by atoms with E-state index >= 15 is 0 Å². The standard InChI is InChI=1S/C13H14BrNO3/c14-10(8-1-2-8)6-15-13(16)9-3-4-11-12(5-9)18-7-17-11/h3-5,8,10H,1-2,6-7H2,(H,15,16). The van der Waals surface area contributed by atoms with E-state index in [2.05, 4.69) is 21.2 Å². The third-order valence-electron chi connectivity index (χ3n) is 3.23. The van der Waals surface area contributed by atoms with Gasteiger partial charge in [-0.15, -0.1) is 0 Å². The van der Waals surface area contributed by atoms with Gasteiger partial charge in [0, 0.05) is 16.9 Å². The molecule has 5 heteroatoms. The van der Waals surface area contributed by atoms with Crippen LogP contribution in [0.5, 0.6) is 11.5 Å². The number of carbonyl (C=O) groups is 1. The Morgan fingerprint density at radius 2 is 2.17 bits per heavy atom. The second-order valence-electron chi connectivity index (χ2n) is 4.63. The minimum Gasteiger partial charge on any atom is -0.454 e. The van der Waals surface area contributed by atoms with Crippen LogP contribution in [0.3, 0.4) is 0 Å². The molecule has 1 unspecified atom stereocenters. The van der Waals surface area contributed by atoms with Crippen LogP contribution >= 0.6 is 15.9 Å². The van der Waals surface area contributed by atoms with Crippen LogP contribution in [0.1, 0.15) is 23.2 Å². The van der Waals surface area contributed by atoms with Gasteiger partial charge in [-0.3, -0.25) is 4.79 Å². The van der Waals surface area contributed by atoms with Crippen LogP contribution in [0.25, 0.3) is 0 Å². The van der Waals surface area contributed by atoms with Crippen LogP contribution in [-0.4, -0.2) is 24.1 Å². The number of alkyl halides is 1. The molecule has 1 saturated carbocycles. The molecule has 0 bridgehead atoms. The van der Waals surface area contributed by atoms with Gasteiger partial charge in [-0.25, -0.2) is 0 Å². The zero-order chi connectivity index (χ0) is 12.5. The van der Waals surface area contributed by atoms with Gasteiger partial charge in [0.2, 0.25) is 6.79 Å². The molecule has 1 aromatic carbocycles. The maximum Gasteiger partial charge on any atom is 0.251 e. The van der Waals surface area contributed by atoms with Crippen molar-refractivity contribution in [3.63, 3.8) is 0 Å². The molecule has 4 nitrogen and oxygen atoms in total. The molecule has 0 radical (unpaired) electrons. The number of ether oxygens (including phenoxy) is 2. The molecule has 96 valence electrons. The van der Waals surface area contributed by atoms with Crippen molar-refractivity contribution in [3.05, 3.63) is 23.8 Å². The van der Waals surface area contributed by atoms with E-state index in [0.29, 0.717) is 28.4 Å². The van der Waals surface area contributed by atoms with Crippen molar-refractivity contribution >= 4 is 21.8 Å². The molecule has 1 heterocycles. The first-order chi connectivity index (χ1) is 8.74. The van der Waals surface area contributed by atoms with Gasteiger partial charge < -0.3 is 14.8 Å². The SMILES string of the molecule is O=C(NCC(Br)C1CC1)c1ccc2c(c1)OCO2. The largest absolute Gasteiger partial charge is 0.454 e. The molecule has 1 fully saturated rings. The van der Waals surface area contributed by atoms with Gasteiger partial charge in [-0.05, 0) is 37.0 Å². The van der Waals surface area contributed by atoms with E-state index in [0.717, 1.165) is 5.92 Å². The van der Waals surface area contributed by atoms with Gasteiger partial charge in [0.1, 0.15) is 0 Å². The van der Waals surface area contributed by atoms with Crippen molar-refractivity contribution < 1.29 is 14.3 Å².